The van der Waals surface area contributed by atoms with Gasteiger partial charge in [0.05, 0.1) is 22.1 Å². The normalized spacial score (nSPS) is 22.1. The van der Waals surface area contributed by atoms with Crippen LogP contribution >= 0.6 is 11.6 Å². The molecule has 1 saturated heterocycles. The fourth-order valence-electron chi connectivity index (χ4n) is 3.58. The van der Waals surface area contributed by atoms with Gasteiger partial charge < -0.3 is 9.84 Å². The number of halogens is 1. The number of ether oxygens (including phenoxy) is 1. The van der Waals surface area contributed by atoms with Crippen molar-refractivity contribution in [2.24, 2.45) is 0 Å². The van der Waals surface area contributed by atoms with E-state index in [0.717, 1.165) is 25.3 Å². The Bertz CT molecular complexity index is 731. The lowest BCUT2D eigenvalue weighted by Crippen LogP contribution is -2.54. The van der Waals surface area contributed by atoms with Crippen LogP contribution in [0, 0.1) is 10.1 Å². The van der Waals surface area contributed by atoms with Crippen LogP contribution in [0.15, 0.2) is 18.2 Å². The molecule has 1 atom stereocenters. The van der Waals surface area contributed by atoms with E-state index in [4.69, 9.17) is 16.3 Å². The average molecular weight is 369 g/mol. The lowest BCUT2D eigenvalue weighted by Gasteiger charge is -2.41. The molecule has 1 spiro atoms. The van der Waals surface area contributed by atoms with Gasteiger partial charge in [0.2, 0.25) is 0 Å². The molecule has 0 radical (unpaired) electrons. The van der Waals surface area contributed by atoms with Crippen molar-refractivity contribution < 1.29 is 24.4 Å². The number of amides is 1. The van der Waals surface area contributed by atoms with Gasteiger partial charge in [0, 0.05) is 12.1 Å². The van der Waals surface area contributed by atoms with Gasteiger partial charge in [-0.05, 0) is 31.7 Å². The van der Waals surface area contributed by atoms with E-state index in [0.29, 0.717) is 12.8 Å². The van der Waals surface area contributed by atoms with Crippen molar-refractivity contribution in [1.82, 2.24) is 4.90 Å². The summed E-state index contributed by atoms with van der Waals surface area (Å²) in [7, 11) is 0. The second-order valence-electron chi connectivity index (χ2n) is 6.27. The minimum atomic E-state index is -1.17. The van der Waals surface area contributed by atoms with E-state index in [1.165, 1.54) is 17.0 Å². The van der Waals surface area contributed by atoms with E-state index in [9.17, 15) is 24.8 Å². The van der Waals surface area contributed by atoms with Crippen molar-refractivity contribution in [1.29, 1.82) is 0 Å². The van der Waals surface area contributed by atoms with Crippen molar-refractivity contribution in [3.8, 4) is 0 Å². The summed E-state index contributed by atoms with van der Waals surface area (Å²) >= 11 is 6.07. The summed E-state index contributed by atoms with van der Waals surface area (Å²) in [5.41, 5.74) is -1.35. The van der Waals surface area contributed by atoms with Crippen LogP contribution in [0.5, 0.6) is 0 Å². The summed E-state index contributed by atoms with van der Waals surface area (Å²) in [6.45, 7) is -0.104. The number of carboxylic acid groups (broad SMARTS) is 1. The predicted molar refractivity (Wildman–Crippen MR) is 87.5 cm³/mol. The van der Waals surface area contributed by atoms with Crippen LogP contribution in [-0.2, 0) is 9.53 Å². The molecule has 1 heterocycles. The van der Waals surface area contributed by atoms with Crippen molar-refractivity contribution in [2.45, 2.75) is 43.9 Å². The molecule has 2 fully saturated rings. The quantitative estimate of drug-likeness (QED) is 0.648. The molecule has 1 N–H and O–H groups in total. The Morgan fingerprint density at radius 3 is 2.60 bits per heavy atom. The first-order valence-corrected chi connectivity index (χ1v) is 8.38. The van der Waals surface area contributed by atoms with Gasteiger partial charge in [0.1, 0.15) is 5.72 Å². The Labute approximate surface area is 148 Å². The molecule has 1 amide bonds. The van der Waals surface area contributed by atoms with Gasteiger partial charge in [-0.2, -0.15) is 0 Å². The molecule has 2 aliphatic rings. The molecular formula is C16H17ClN2O6. The maximum absolute atomic E-state index is 13.1. The monoisotopic (exact) mass is 368 g/mol. The number of carboxylic acids is 1. The first kappa shape index (κ1) is 17.6. The number of nitro groups is 1. The van der Waals surface area contributed by atoms with Crippen LogP contribution in [0.25, 0.3) is 0 Å². The molecule has 1 aliphatic carbocycles. The maximum atomic E-state index is 13.1. The van der Waals surface area contributed by atoms with Crippen LogP contribution in [0.1, 0.15) is 42.5 Å². The second kappa shape index (κ2) is 6.61. The molecule has 0 aromatic heterocycles. The lowest BCUT2D eigenvalue weighted by molar-refractivity contribution is -0.384. The average Bonchev–Trinajstić information content (AvgIpc) is 2.94. The Kier molecular flexibility index (Phi) is 4.66. The molecule has 1 aromatic carbocycles. The highest BCUT2D eigenvalue weighted by Gasteiger charge is 2.53. The fraction of sp³-hybridized carbons (Fsp3) is 0.500. The van der Waals surface area contributed by atoms with E-state index in [-0.39, 0.29) is 22.9 Å². The number of nitro benzene ring substituents is 1. The van der Waals surface area contributed by atoms with Crippen molar-refractivity contribution in [3.05, 3.63) is 38.9 Å². The number of non-ortho nitro benzene ring substituents is 1. The third-order valence-corrected chi connectivity index (χ3v) is 5.12. The molecular weight excluding hydrogens is 352 g/mol. The molecule has 1 unspecified atom stereocenters. The van der Waals surface area contributed by atoms with Crippen molar-refractivity contribution in [3.63, 3.8) is 0 Å². The topological polar surface area (TPSA) is 110 Å². The molecule has 8 nitrogen and oxygen atoms in total. The first-order valence-electron chi connectivity index (χ1n) is 8.00. The molecule has 0 bridgehead atoms. The minimum Gasteiger partial charge on any atom is -0.480 e. The standard InChI is InChI=1S/C16H17ClN2O6/c17-12-5-4-10(19(23)24)8-11(12)14(20)18-13(15(21)22)9-25-16(18)6-2-1-3-7-16/h4-5,8,13H,1-3,6-7,9H2,(H,21,22). The van der Waals surface area contributed by atoms with Gasteiger partial charge >= 0.3 is 5.97 Å². The van der Waals surface area contributed by atoms with E-state index >= 15 is 0 Å². The fourth-order valence-corrected chi connectivity index (χ4v) is 3.78. The van der Waals surface area contributed by atoms with Crippen molar-refractivity contribution >= 4 is 29.2 Å². The number of rotatable bonds is 3. The zero-order chi connectivity index (χ0) is 18.2. The predicted octanol–water partition coefficient (Wildman–Crippen LogP) is 2.83. The molecule has 1 aromatic rings. The van der Waals surface area contributed by atoms with Crippen LogP contribution in [0.3, 0.4) is 0 Å². The highest BCUT2D eigenvalue weighted by Crippen LogP contribution is 2.42. The molecule has 1 aliphatic heterocycles. The van der Waals surface area contributed by atoms with Crippen molar-refractivity contribution in [2.75, 3.05) is 6.61 Å². The van der Waals surface area contributed by atoms with Gasteiger partial charge in [-0.1, -0.05) is 18.0 Å². The van der Waals surface area contributed by atoms with Crippen LogP contribution in [0.4, 0.5) is 5.69 Å². The summed E-state index contributed by atoms with van der Waals surface area (Å²) in [6.07, 6.45) is 3.70. The van der Waals surface area contributed by atoms with Crippen LogP contribution < -0.4 is 0 Å². The number of nitrogens with zero attached hydrogens (tertiary/aromatic N) is 2. The number of carbonyl (C=O) groups excluding carboxylic acids is 1. The number of carbonyl (C=O) groups is 2. The molecule has 9 heteroatoms. The highest BCUT2D eigenvalue weighted by atomic mass is 35.5. The molecule has 134 valence electrons. The first-order chi connectivity index (χ1) is 11.9. The number of benzene rings is 1. The third kappa shape index (κ3) is 3.07. The Balaban J connectivity index is 2.04. The summed E-state index contributed by atoms with van der Waals surface area (Å²) in [5, 5.41) is 20.5. The van der Waals surface area contributed by atoms with Gasteiger partial charge in [-0.25, -0.2) is 4.79 Å². The van der Waals surface area contributed by atoms with Gasteiger partial charge in [0.25, 0.3) is 11.6 Å². The van der Waals surface area contributed by atoms with E-state index in [2.05, 4.69) is 0 Å². The highest BCUT2D eigenvalue weighted by molar-refractivity contribution is 6.34. The van der Waals surface area contributed by atoms with Gasteiger partial charge in [-0.3, -0.25) is 19.8 Å². The molecule has 3 rings (SSSR count). The van der Waals surface area contributed by atoms with Crippen LogP contribution in [-0.4, -0.2) is 45.2 Å². The van der Waals surface area contributed by atoms with E-state index < -0.39 is 28.6 Å². The lowest BCUT2D eigenvalue weighted by atomic mass is 9.89. The Morgan fingerprint density at radius 1 is 1.32 bits per heavy atom. The van der Waals surface area contributed by atoms with Gasteiger partial charge in [-0.15, -0.1) is 0 Å². The van der Waals surface area contributed by atoms with Crippen LogP contribution in [0.2, 0.25) is 5.02 Å². The maximum Gasteiger partial charge on any atom is 0.328 e. The Hall–Kier alpha value is -2.19. The summed E-state index contributed by atoms with van der Waals surface area (Å²) in [6, 6.07) is 2.41. The summed E-state index contributed by atoms with van der Waals surface area (Å²) in [4.78, 5) is 36.3. The molecule has 25 heavy (non-hydrogen) atoms. The number of aliphatic carboxylic acids is 1. The van der Waals surface area contributed by atoms with E-state index in [1.54, 1.807) is 0 Å². The van der Waals surface area contributed by atoms with Gasteiger partial charge in [0.15, 0.2) is 6.04 Å². The van der Waals surface area contributed by atoms with E-state index in [1.807, 2.05) is 0 Å². The third-order valence-electron chi connectivity index (χ3n) is 4.79. The largest absolute Gasteiger partial charge is 0.480 e. The summed E-state index contributed by atoms with van der Waals surface area (Å²) in [5.74, 6) is -1.82. The minimum absolute atomic E-state index is 0.0394. The number of hydrogen-bond donors (Lipinski definition) is 1. The zero-order valence-corrected chi connectivity index (χ0v) is 14.1. The Morgan fingerprint density at radius 2 is 2.00 bits per heavy atom. The smallest absolute Gasteiger partial charge is 0.328 e. The SMILES string of the molecule is O=C(O)C1COC2(CCCCC2)N1C(=O)c1cc([N+](=O)[O-])ccc1Cl. The molecule has 1 saturated carbocycles. The zero-order valence-electron chi connectivity index (χ0n) is 13.3. The summed E-state index contributed by atoms with van der Waals surface area (Å²) < 4.78 is 5.78. The number of hydrogen-bond acceptors (Lipinski definition) is 5. The second-order valence-corrected chi connectivity index (χ2v) is 6.68.